The van der Waals surface area contributed by atoms with Crippen molar-refractivity contribution >= 4 is 23.4 Å². The van der Waals surface area contributed by atoms with Gasteiger partial charge in [-0.15, -0.1) is 0 Å². The maximum Gasteiger partial charge on any atom is 0.332 e. The molecule has 2 aliphatic rings. The van der Waals surface area contributed by atoms with Crippen molar-refractivity contribution < 1.29 is 19.0 Å². The minimum Gasteiger partial charge on any atom is -0.466 e. The monoisotopic (exact) mass is 361 g/mol. The summed E-state index contributed by atoms with van der Waals surface area (Å²) in [5.74, 6) is 0.926. The molecule has 0 amide bonds. The average molecular weight is 361 g/mol. The molecule has 0 atom stereocenters. The predicted molar refractivity (Wildman–Crippen MR) is 88.8 cm³/mol. The first-order valence-electron chi connectivity index (χ1n) is 7.59. The zero-order chi connectivity index (χ0) is 17.4. The third-order valence-corrected chi connectivity index (χ3v) is 4.97. The number of carbonyl (C=O) groups is 1. The predicted octanol–water partition coefficient (Wildman–Crippen LogP) is -0.358. The number of aromatic nitrogens is 1. The lowest BCUT2D eigenvalue weighted by molar-refractivity contribution is -0.133. The molecular weight excluding hydrogens is 346 g/mol. The van der Waals surface area contributed by atoms with Crippen LogP contribution in [0.25, 0.3) is 6.08 Å². The van der Waals surface area contributed by atoms with Gasteiger partial charge in [-0.1, -0.05) is 17.4 Å². The van der Waals surface area contributed by atoms with E-state index in [0.29, 0.717) is 29.2 Å². The summed E-state index contributed by atoms with van der Waals surface area (Å²) in [6, 6.07) is 5.78. The standard InChI is InChI=1S/C16H15N3O5S/c1-22-14(20)5-13-15(21)19-8-18(7-17-16(19)25-13)6-10-2-3-11-12(4-10)24-9-23-11/h2-5H,6-9H2,1H3/b13-5+. The minimum absolute atomic E-state index is 0.232. The van der Waals surface area contributed by atoms with E-state index in [1.807, 2.05) is 23.1 Å². The number of rotatable bonds is 3. The molecule has 0 saturated carbocycles. The van der Waals surface area contributed by atoms with Crippen molar-refractivity contribution in [2.75, 3.05) is 20.6 Å². The van der Waals surface area contributed by atoms with Crippen LogP contribution in [0.1, 0.15) is 5.56 Å². The highest BCUT2D eigenvalue weighted by Gasteiger charge is 2.18. The summed E-state index contributed by atoms with van der Waals surface area (Å²) in [5.41, 5.74) is 0.817. The topological polar surface area (TPSA) is 82.4 Å². The molecule has 0 fully saturated rings. The molecule has 8 nitrogen and oxygen atoms in total. The summed E-state index contributed by atoms with van der Waals surface area (Å²) >= 11 is 1.19. The van der Waals surface area contributed by atoms with Gasteiger partial charge in [0, 0.05) is 12.6 Å². The lowest BCUT2D eigenvalue weighted by Gasteiger charge is -2.23. The van der Waals surface area contributed by atoms with Gasteiger partial charge in [0.05, 0.1) is 20.4 Å². The van der Waals surface area contributed by atoms with Crippen LogP contribution < -0.4 is 24.4 Å². The molecular formula is C16H15N3O5S. The lowest BCUT2D eigenvalue weighted by atomic mass is 10.2. The van der Waals surface area contributed by atoms with E-state index in [0.717, 1.165) is 17.1 Å². The van der Waals surface area contributed by atoms with Crippen LogP contribution >= 0.6 is 11.3 Å². The summed E-state index contributed by atoms with van der Waals surface area (Å²) in [6.45, 7) is 1.76. The van der Waals surface area contributed by atoms with Crippen LogP contribution in [0.2, 0.25) is 0 Å². The Balaban J connectivity index is 1.56. The molecule has 4 rings (SSSR count). The normalized spacial score (nSPS) is 16.4. The van der Waals surface area contributed by atoms with Gasteiger partial charge >= 0.3 is 5.97 Å². The number of hydrogen-bond acceptors (Lipinski definition) is 8. The number of carbonyl (C=O) groups excluding carboxylic acids is 1. The minimum atomic E-state index is -0.548. The Morgan fingerprint density at radius 1 is 1.40 bits per heavy atom. The molecule has 0 radical (unpaired) electrons. The molecule has 130 valence electrons. The molecule has 1 aromatic heterocycles. The van der Waals surface area contributed by atoms with Crippen molar-refractivity contribution in [2.45, 2.75) is 13.2 Å². The largest absolute Gasteiger partial charge is 0.466 e. The highest BCUT2D eigenvalue weighted by Crippen LogP contribution is 2.32. The molecule has 1 aromatic carbocycles. The second-order valence-corrected chi connectivity index (χ2v) is 6.62. The van der Waals surface area contributed by atoms with Crippen molar-refractivity contribution in [2.24, 2.45) is 4.99 Å². The molecule has 2 aliphatic heterocycles. The average Bonchev–Trinajstić information content (AvgIpc) is 3.20. The van der Waals surface area contributed by atoms with Crippen LogP contribution in [0.4, 0.5) is 0 Å². The van der Waals surface area contributed by atoms with Crippen LogP contribution in [0.3, 0.4) is 0 Å². The van der Waals surface area contributed by atoms with E-state index >= 15 is 0 Å². The van der Waals surface area contributed by atoms with Crippen molar-refractivity contribution in [3.05, 3.63) is 43.5 Å². The maximum absolute atomic E-state index is 12.4. The van der Waals surface area contributed by atoms with E-state index in [-0.39, 0.29) is 12.4 Å². The van der Waals surface area contributed by atoms with Crippen LogP contribution in [-0.4, -0.2) is 36.0 Å². The summed E-state index contributed by atoms with van der Waals surface area (Å²) in [6.07, 6.45) is 1.20. The van der Waals surface area contributed by atoms with Gasteiger partial charge in [0.2, 0.25) is 6.79 Å². The molecule has 9 heteroatoms. The van der Waals surface area contributed by atoms with Gasteiger partial charge in [-0.3, -0.25) is 14.3 Å². The molecule has 0 N–H and O–H groups in total. The Bertz CT molecular complexity index is 1010. The van der Waals surface area contributed by atoms with E-state index in [1.54, 1.807) is 4.57 Å². The van der Waals surface area contributed by atoms with Gasteiger partial charge in [0.25, 0.3) is 5.56 Å². The molecule has 0 aliphatic carbocycles. The van der Waals surface area contributed by atoms with Crippen molar-refractivity contribution in [1.82, 2.24) is 9.47 Å². The SMILES string of the molecule is COC(=O)/C=c1/sc2n(c1=O)CN(Cc1ccc3c(c1)OCO3)CN=2. The molecule has 0 saturated heterocycles. The first-order chi connectivity index (χ1) is 12.1. The highest BCUT2D eigenvalue weighted by molar-refractivity contribution is 7.07. The molecule has 0 unspecified atom stereocenters. The molecule has 2 aromatic rings. The van der Waals surface area contributed by atoms with Crippen LogP contribution in [0, 0.1) is 0 Å². The van der Waals surface area contributed by atoms with Crippen LogP contribution in [0.15, 0.2) is 28.0 Å². The summed E-state index contributed by atoms with van der Waals surface area (Å²) in [5, 5.41) is 0. The van der Waals surface area contributed by atoms with Gasteiger partial charge in [-0.05, 0) is 17.7 Å². The van der Waals surface area contributed by atoms with Gasteiger partial charge in [-0.2, -0.15) is 0 Å². The van der Waals surface area contributed by atoms with Crippen LogP contribution in [-0.2, 0) is 22.7 Å². The van der Waals surface area contributed by atoms with E-state index in [4.69, 9.17) is 9.47 Å². The van der Waals surface area contributed by atoms with Crippen LogP contribution in [0.5, 0.6) is 11.5 Å². The van der Waals surface area contributed by atoms with E-state index in [1.165, 1.54) is 24.5 Å². The third kappa shape index (κ3) is 3.03. The number of hydrogen-bond donors (Lipinski definition) is 0. The number of benzene rings is 1. The first kappa shape index (κ1) is 15.9. The van der Waals surface area contributed by atoms with Crippen molar-refractivity contribution in [3.8, 4) is 11.5 Å². The molecule has 3 heterocycles. The number of esters is 1. The number of ether oxygens (including phenoxy) is 3. The number of fused-ring (bicyclic) bond motifs is 2. The van der Waals surface area contributed by atoms with Crippen molar-refractivity contribution in [1.29, 1.82) is 0 Å². The highest BCUT2D eigenvalue weighted by atomic mass is 32.1. The zero-order valence-corrected chi connectivity index (χ0v) is 14.2. The van der Waals surface area contributed by atoms with Gasteiger partial charge in [0.15, 0.2) is 16.3 Å². The summed E-state index contributed by atoms with van der Waals surface area (Å²) in [4.78, 5) is 30.9. The van der Waals surface area contributed by atoms with E-state index in [2.05, 4.69) is 9.73 Å². The third-order valence-electron chi connectivity index (χ3n) is 3.93. The fourth-order valence-corrected chi connectivity index (χ4v) is 3.64. The summed E-state index contributed by atoms with van der Waals surface area (Å²) < 4.78 is 17.2. The summed E-state index contributed by atoms with van der Waals surface area (Å²) in [7, 11) is 1.28. The first-order valence-corrected chi connectivity index (χ1v) is 8.40. The number of methoxy groups -OCH3 is 1. The quantitative estimate of drug-likeness (QED) is 0.695. The second-order valence-electron chi connectivity index (χ2n) is 5.61. The smallest absolute Gasteiger partial charge is 0.332 e. The second kappa shape index (κ2) is 6.34. The van der Waals surface area contributed by atoms with E-state index in [9.17, 15) is 9.59 Å². The lowest BCUT2D eigenvalue weighted by Crippen LogP contribution is -2.42. The maximum atomic E-state index is 12.4. The molecule has 0 spiro atoms. The Morgan fingerprint density at radius 3 is 3.08 bits per heavy atom. The molecule has 0 bridgehead atoms. The Morgan fingerprint density at radius 2 is 2.24 bits per heavy atom. The fraction of sp³-hybridized carbons (Fsp3) is 0.312. The number of nitrogens with zero attached hydrogens (tertiary/aromatic N) is 3. The number of thiazole rings is 1. The Labute approximate surface area is 146 Å². The zero-order valence-electron chi connectivity index (χ0n) is 13.4. The Kier molecular flexibility index (Phi) is 4.02. The fourth-order valence-electron chi connectivity index (χ4n) is 2.72. The van der Waals surface area contributed by atoms with Gasteiger partial charge < -0.3 is 14.2 Å². The van der Waals surface area contributed by atoms with Gasteiger partial charge in [-0.25, -0.2) is 9.79 Å². The molecule has 25 heavy (non-hydrogen) atoms. The van der Waals surface area contributed by atoms with Crippen molar-refractivity contribution in [3.63, 3.8) is 0 Å². The van der Waals surface area contributed by atoms with Gasteiger partial charge in [0.1, 0.15) is 4.53 Å². The Hall–Kier alpha value is -2.65. The van der Waals surface area contributed by atoms with E-state index < -0.39 is 5.97 Å².